The first-order valence-corrected chi connectivity index (χ1v) is 7.95. The van der Waals surface area contributed by atoms with Crippen molar-refractivity contribution in [3.8, 4) is 0 Å². The molecule has 0 radical (unpaired) electrons. The van der Waals surface area contributed by atoms with Crippen LogP contribution in [0.1, 0.15) is 14.5 Å². The van der Waals surface area contributed by atoms with Crippen LogP contribution >= 0.6 is 27.3 Å². The zero-order valence-electron chi connectivity index (χ0n) is 9.13. The van der Waals surface area contributed by atoms with Crippen LogP contribution in [-0.4, -0.2) is 15.3 Å². The summed E-state index contributed by atoms with van der Waals surface area (Å²) in [5.41, 5.74) is 0. The Morgan fingerprint density at radius 3 is 2.61 bits per heavy atom. The summed E-state index contributed by atoms with van der Waals surface area (Å²) in [6.07, 6.45) is 0. The van der Waals surface area contributed by atoms with Gasteiger partial charge in [-0.1, -0.05) is 12.1 Å². The quantitative estimate of drug-likeness (QED) is 0.923. The number of halogens is 1. The fraction of sp³-hybridized carbons (Fsp3) is 0.0833. The maximum absolute atomic E-state index is 12.2. The minimum Gasteiger partial charge on any atom is -0.477 e. The molecule has 0 fully saturated rings. The molecule has 0 aliphatic rings. The molecule has 1 unspecified atom stereocenters. The molecule has 3 nitrogen and oxygen atoms in total. The van der Waals surface area contributed by atoms with Crippen molar-refractivity contribution in [3.05, 3.63) is 50.6 Å². The Kier molecular flexibility index (Phi) is 4.31. The molecule has 0 saturated heterocycles. The topological polar surface area (TPSA) is 54.4 Å². The summed E-state index contributed by atoms with van der Waals surface area (Å²) >= 11 is 4.52. The van der Waals surface area contributed by atoms with Crippen LogP contribution in [0.5, 0.6) is 0 Å². The van der Waals surface area contributed by atoms with Crippen molar-refractivity contribution < 1.29 is 14.1 Å². The van der Waals surface area contributed by atoms with Crippen LogP contribution in [0.4, 0.5) is 0 Å². The van der Waals surface area contributed by atoms with Crippen molar-refractivity contribution in [3.63, 3.8) is 0 Å². The Morgan fingerprint density at radius 2 is 2.00 bits per heavy atom. The van der Waals surface area contributed by atoms with Crippen molar-refractivity contribution in [1.82, 2.24) is 0 Å². The second-order valence-electron chi connectivity index (χ2n) is 3.49. The molecule has 0 aliphatic heterocycles. The third-order valence-electron chi connectivity index (χ3n) is 2.23. The summed E-state index contributed by atoms with van der Waals surface area (Å²) in [4.78, 5) is 12.6. The molecule has 1 N–H and O–H groups in total. The first-order chi connectivity index (χ1) is 8.58. The van der Waals surface area contributed by atoms with E-state index in [-0.39, 0.29) is 4.88 Å². The standard InChI is InChI=1S/C12H9BrO3S2/c13-9-3-1-2-4-11(9)18(16)7-8-5-6-10(17-8)12(14)15/h1-6H,7H2,(H,14,15). The Bertz CT molecular complexity index is 607. The van der Waals surface area contributed by atoms with Crippen LogP contribution in [0.25, 0.3) is 0 Å². The van der Waals surface area contributed by atoms with Crippen LogP contribution < -0.4 is 0 Å². The van der Waals surface area contributed by atoms with Crippen LogP contribution in [0.15, 0.2) is 45.8 Å². The molecular formula is C12H9BrO3S2. The third-order valence-corrected chi connectivity index (χ3v) is 5.86. The highest BCUT2D eigenvalue weighted by atomic mass is 79.9. The van der Waals surface area contributed by atoms with Gasteiger partial charge in [0.2, 0.25) is 0 Å². The van der Waals surface area contributed by atoms with Gasteiger partial charge in [-0.3, -0.25) is 4.21 Å². The average molecular weight is 345 g/mol. The predicted molar refractivity (Wildman–Crippen MR) is 75.5 cm³/mol. The molecule has 6 heteroatoms. The van der Waals surface area contributed by atoms with Gasteiger partial charge in [0.05, 0.1) is 21.4 Å². The summed E-state index contributed by atoms with van der Waals surface area (Å²) in [7, 11) is -1.18. The molecule has 94 valence electrons. The highest BCUT2D eigenvalue weighted by Crippen LogP contribution is 2.24. The molecule has 0 spiro atoms. The largest absolute Gasteiger partial charge is 0.477 e. The van der Waals surface area contributed by atoms with Crippen molar-refractivity contribution in [2.75, 3.05) is 0 Å². The van der Waals surface area contributed by atoms with E-state index >= 15 is 0 Å². The Morgan fingerprint density at radius 1 is 1.28 bits per heavy atom. The van der Waals surface area contributed by atoms with Gasteiger partial charge in [-0.15, -0.1) is 11.3 Å². The number of thiophene rings is 1. The first kappa shape index (κ1) is 13.5. The van der Waals surface area contributed by atoms with Crippen molar-refractivity contribution >= 4 is 44.0 Å². The highest BCUT2D eigenvalue weighted by Gasteiger charge is 2.12. The van der Waals surface area contributed by atoms with Gasteiger partial charge in [0, 0.05) is 9.35 Å². The van der Waals surface area contributed by atoms with E-state index in [1.54, 1.807) is 18.2 Å². The summed E-state index contributed by atoms with van der Waals surface area (Å²) in [6, 6.07) is 10.6. The number of carbonyl (C=O) groups is 1. The van der Waals surface area contributed by atoms with E-state index in [4.69, 9.17) is 5.11 Å². The van der Waals surface area contributed by atoms with E-state index < -0.39 is 16.8 Å². The minimum atomic E-state index is -1.18. The molecular weight excluding hydrogens is 336 g/mol. The lowest BCUT2D eigenvalue weighted by Gasteiger charge is -2.02. The maximum atomic E-state index is 12.2. The van der Waals surface area contributed by atoms with Gasteiger partial charge in [-0.05, 0) is 40.2 Å². The van der Waals surface area contributed by atoms with Gasteiger partial charge in [0.15, 0.2) is 0 Å². The summed E-state index contributed by atoms with van der Waals surface area (Å²) in [5, 5.41) is 8.82. The lowest BCUT2D eigenvalue weighted by atomic mass is 10.4. The smallest absolute Gasteiger partial charge is 0.345 e. The van der Waals surface area contributed by atoms with Gasteiger partial charge < -0.3 is 5.11 Å². The molecule has 0 bridgehead atoms. The number of aromatic carboxylic acids is 1. The molecule has 1 heterocycles. The highest BCUT2D eigenvalue weighted by molar-refractivity contribution is 9.10. The predicted octanol–water partition coefficient (Wildman–Crippen LogP) is 3.52. The minimum absolute atomic E-state index is 0.272. The van der Waals surface area contributed by atoms with Crippen LogP contribution in [-0.2, 0) is 16.6 Å². The Balaban J connectivity index is 2.16. The van der Waals surface area contributed by atoms with Gasteiger partial charge in [0.1, 0.15) is 4.88 Å². The molecule has 0 amide bonds. The molecule has 1 atom stereocenters. The van der Waals surface area contributed by atoms with E-state index in [2.05, 4.69) is 15.9 Å². The normalized spacial score (nSPS) is 12.3. The van der Waals surface area contributed by atoms with E-state index in [1.807, 2.05) is 18.2 Å². The molecule has 2 rings (SSSR count). The number of benzene rings is 1. The SMILES string of the molecule is O=C(O)c1ccc(CS(=O)c2ccccc2Br)s1. The summed E-state index contributed by atoms with van der Waals surface area (Å²) in [6.45, 7) is 0. The maximum Gasteiger partial charge on any atom is 0.345 e. The summed E-state index contributed by atoms with van der Waals surface area (Å²) < 4.78 is 13.0. The Labute approximate surface area is 119 Å². The van der Waals surface area contributed by atoms with Gasteiger partial charge in [-0.2, -0.15) is 0 Å². The number of hydrogen-bond donors (Lipinski definition) is 1. The lowest BCUT2D eigenvalue weighted by molar-refractivity contribution is 0.0702. The fourth-order valence-corrected chi connectivity index (χ4v) is 4.46. The van der Waals surface area contributed by atoms with E-state index in [9.17, 15) is 9.00 Å². The van der Waals surface area contributed by atoms with Gasteiger partial charge in [-0.25, -0.2) is 4.79 Å². The van der Waals surface area contributed by atoms with Gasteiger partial charge >= 0.3 is 5.97 Å². The number of rotatable bonds is 4. The molecule has 1 aromatic carbocycles. The summed E-state index contributed by atoms with van der Waals surface area (Å²) in [5.74, 6) is -0.612. The molecule has 0 aliphatic carbocycles. The number of carboxylic acids is 1. The second-order valence-corrected chi connectivity index (χ2v) is 6.93. The van der Waals surface area contributed by atoms with Crippen LogP contribution in [0.2, 0.25) is 0 Å². The lowest BCUT2D eigenvalue weighted by Crippen LogP contribution is -1.95. The molecule has 0 saturated carbocycles. The van der Waals surface area contributed by atoms with E-state index in [0.717, 1.165) is 25.6 Å². The number of carboxylic acid groups (broad SMARTS) is 1. The zero-order valence-corrected chi connectivity index (χ0v) is 12.3. The first-order valence-electron chi connectivity index (χ1n) is 5.03. The zero-order chi connectivity index (χ0) is 13.1. The molecule has 2 aromatic rings. The van der Waals surface area contributed by atoms with Crippen LogP contribution in [0, 0.1) is 0 Å². The average Bonchev–Trinajstić information content (AvgIpc) is 2.78. The van der Waals surface area contributed by atoms with Crippen LogP contribution in [0.3, 0.4) is 0 Å². The van der Waals surface area contributed by atoms with Crippen molar-refractivity contribution in [2.24, 2.45) is 0 Å². The van der Waals surface area contributed by atoms with E-state index in [0.29, 0.717) is 5.75 Å². The molecule has 18 heavy (non-hydrogen) atoms. The molecule has 1 aromatic heterocycles. The van der Waals surface area contributed by atoms with Crippen molar-refractivity contribution in [2.45, 2.75) is 10.6 Å². The van der Waals surface area contributed by atoms with Crippen molar-refractivity contribution in [1.29, 1.82) is 0 Å². The third kappa shape index (κ3) is 3.07. The monoisotopic (exact) mass is 344 g/mol. The second kappa shape index (κ2) is 5.77. The number of hydrogen-bond acceptors (Lipinski definition) is 3. The fourth-order valence-electron chi connectivity index (χ4n) is 1.41. The van der Waals surface area contributed by atoms with Gasteiger partial charge in [0.25, 0.3) is 0 Å². The van der Waals surface area contributed by atoms with E-state index in [1.165, 1.54) is 0 Å². The Hall–Kier alpha value is -0.980.